The zero-order chi connectivity index (χ0) is 18.3. The number of alkyl halides is 7. The average molecular weight is 351 g/mol. The van der Waals surface area contributed by atoms with Crippen LogP contribution in [0.1, 0.15) is 16.7 Å². The predicted octanol–water partition coefficient (Wildman–Crippen LogP) is 4.85. The first-order valence-corrected chi connectivity index (χ1v) is 6.51. The third-order valence-corrected chi connectivity index (χ3v) is 3.39. The summed E-state index contributed by atoms with van der Waals surface area (Å²) >= 11 is 0. The van der Waals surface area contributed by atoms with Gasteiger partial charge in [0.25, 0.3) is 0 Å². The summed E-state index contributed by atoms with van der Waals surface area (Å²) in [6.07, 6.45) is -9.33. The molecule has 24 heavy (non-hydrogen) atoms. The Morgan fingerprint density at radius 3 is 1.83 bits per heavy atom. The number of aromatic nitrogens is 2. The molecule has 0 saturated heterocycles. The second-order valence-corrected chi connectivity index (χ2v) is 5.15. The van der Waals surface area contributed by atoms with Crippen LogP contribution in [-0.4, -0.2) is 22.3 Å². The van der Waals surface area contributed by atoms with Crippen molar-refractivity contribution in [3.8, 4) is 11.1 Å². The van der Waals surface area contributed by atoms with Crippen LogP contribution >= 0.6 is 0 Å². The van der Waals surface area contributed by atoms with E-state index >= 15 is 0 Å². The predicted molar refractivity (Wildman–Crippen MR) is 70.7 cm³/mol. The molecule has 129 valence electrons. The highest BCUT2D eigenvalue weighted by atomic mass is 19.4. The van der Waals surface area contributed by atoms with Crippen LogP contribution in [0.5, 0.6) is 0 Å². The molecule has 0 fully saturated rings. The SMILES string of the molecule is Cc1[c]c(C)c(-c2cncnc2)c(C(F)(C(F)(F)F)C(F)(F)F)c1. The van der Waals surface area contributed by atoms with E-state index in [-0.39, 0.29) is 16.7 Å². The molecule has 1 aromatic heterocycles. The minimum Gasteiger partial charge on any atom is -0.244 e. The molecule has 0 aliphatic heterocycles. The maximum Gasteiger partial charge on any atom is 0.435 e. The zero-order valence-corrected chi connectivity index (χ0v) is 12.3. The van der Waals surface area contributed by atoms with Crippen molar-refractivity contribution in [1.29, 1.82) is 0 Å². The first kappa shape index (κ1) is 18.2. The van der Waals surface area contributed by atoms with Gasteiger partial charge in [0.2, 0.25) is 0 Å². The first-order valence-electron chi connectivity index (χ1n) is 6.51. The van der Waals surface area contributed by atoms with E-state index < -0.39 is 29.1 Å². The van der Waals surface area contributed by atoms with Gasteiger partial charge < -0.3 is 0 Å². The van der Waals surface area contributed by atoms with Crippen LogP contribution in [0.2, 0.25) is 0 Å². The van der Waals surface area contributed by atoms with E-state index in [1.807, 2.05) is 0 Å². The molecule has 0 saturated carbocycles. The lowest BCUT2D eigenvalue weighted by Crippen LogP contribution is -2.50. The van der Waals surface area contributed by atoms with Crippen molar-refractivity contribution in [3.63, 3.8) is 0 Å². The van der Waals surface area contributed by atoms with Gasteiger partial charge in [0, 0.05) is 23.5 Å². The van der Waals surface area contributed by atoms with E-state index in [9.17, 15) is 30.7 Å². The summed E-state index contributed by atoms with van der Waals surface area (Å²) in [7, 11) is 0. The van der Waals surface area contributed by atoms with Crippen LogP contribution in [0.25, 0.3) is 11.1 Å². The van der Waals surface area contributed by atoms with Crippen LogP contribution in [0, 0.1) is 19.9 Å². The van der Waals surface area contributed by atoms with Crippen LogP contribution in [0.3, 0.4) is 0 Å². The third kappa shape index (κ3) is 2.83. The number of halogens is 7. The molecular formula is C15H10F7N2. The van der Waals surface area contributed by atoms with Crippen LogP contribution < -0.4 is 0 Å². The summed E-state index contributed by atoms with van der Waals surface area (Å²) in [6, 6.07) is 3.09. The van der Waals surface area contributed by atoms with Gasteiger partial charge in [-0.15, -0.1) is 0 Å². The highest BCUT2D eigenvalue weighted by Gasteiger charge is 2.74. The van der Waals surface area contributed by atoms with Crippen molar-refractivity contribution in [1.82, 2.24) is 9.97 Å². The van der Waals surface area contributed by atoms with Gasteiger partial charge in [0.1, 0.15) is 6.33 Å². The Labute approximate surface area is 132 Å². The maximum absolute atomic E-state index is 14.5. The van der Waals surface area contributed by atoms with Gasteiger partial charge >= 0.3 is 18.0 Å². The van der Waals surface area contributed by atoms with E-state index in [1.54, 1.807) is 0 Å². The minimum absolute atomic E-state index is 0.0568. The molecule has 1 radical (unpaired) electrons. The molecule has 0 bridgehead atoms. The van der Waals surface area contributed by atoms with E-state index in [1.165, 1.54) is 13.8 Å². The summed E-state index contributed by atoms with van der Waals surface area (Å²) in [4.78, 5) is 7.12. The monoisotopic (exact) mass is 351 g/mol. The first-order chi connectivity index (χ1) is 10.9. The summed E-state index contributed by atoms with van der Waals surface area (Å²) in [5.74, 6) is 0. The lowest BCUT2D eigenvalue weighted by Gasteiger charge is -2.32. The van der Waals surface area contributed by atoms with E-state index in [0.29, 0.717) is 6.07 Å². The van der Waals surface area contributed by atoms with Crippen molar-refractivity contribution in [3.05, 3.63) is 47.5 Å². The molecular weight excluding hydrogens is 341 g/mol. The fourth-order valence-corrected chi connectivity index (χ4v) is 2.42. The molecule has 2 nitrogen and oxygen atoms in total. The topological polar surface area (TPSA) is 25.8 Å². The van der Waals surface area contributed by atoms with Gasteiger partial charge in [-0.1, -0.05) is 6.07 Å². The van der Waals surface area contributed by atoms with Gasteiger partial charge in [-0.3, -0.25) is 0 Å². The Kier molecular flexibility index (Phi) is 4.32. The molecule has 0 atom stereocenters. The Bertz CT molecular complexity index is 722. The summed E-state index contributed by atoms with van der Waals surface area (Å²) in [6.45, 7) is 2.47. The molecule has 0 spiro atoms. The van der Waals surface area contributed by atoms with Gasteiger partial charge in [0.15, 0.2) is 0 Å². The Morgan fingerprint density at radius 2 is 1.38 bits per heavy atom. The maximum atomic E-state index is 14.5. The Morgan fingerprint density at radius 1 is 0.875 bits per heavy atom. The Hall–Kier alpha value is -2.19. The van der Waals surface area contributed by atoms with Crippen LogP contribution in [0.4, 0.5) is 30.7 Å². The quantitative estimate of drug-likeness (QED) is 0.723. The van der Waals surface area contributed by atoms with Crippen molar-refractivity contribution in [2.24, 2.45) is 0 Å². The van der Waals surface area contributed by atoms with Crippen molar-refractivity contribution in [2.45, 2.75) is 31.9 Å². The molecule has 1 aromatic carbocycles. The highest BCUT2D eigenvalue weighted by Crippen LogP contribution is 2.55. The second kappa shape index (κ2) is 5.71. The summed E-state index contributed by atoms with van der Waals surface area (Å²) < 4.78 is 93.2. The molecule has 0 aliphatic rings. The molecule has 0 amide bonds. The number of rotatable bonds is 2. The van der Waals surface area contributed by atoms with Gasteiger partial charge in [-0.05, 0) is 36.6 Å². The minimum atomic E-state index is -6.20. The van der Waals surface area contributed by atoms with Crippen molar-refractivity contribution >= 4 is 0 Å². The van der Waals surface area contributed by atoms with Gasteiger partial charge in [0.05, 0.1) is 0 Å². The van der Waals surface area contributed by atoms with E-state index in [0.717, 1.165) is 18.7 Å². The number of benzene rings is 1. The third-order valence-electron chi connectivity index (χ3n) is 3.39. The fourth-order valence-electron chi connectivity index (χ4n) is 2.42. The largest absolute Gasteiger partial charge is 0.435 e. The lowest BCUT2D eigenvalue weighted by atomic mass is 9.84. The summed E-state index contributed by atoms with van der Waals surface area (Å²) in [5.41, 5.74) is -7.97. The normalized spacial score (nSPS) is 13.2. The van der Waals surface area contributed by atoms with E-state index in [2.05, 4.69) is 16.0 Å². The molecule has 0 unspecified atom stereocenters. The molecule has 2 aromatic rings. The number of hydrogen-bond acceptors (Lipinski definition) is 2. The molecule has 0 aliphatic carbocycles. The van der Waals surface area contributed by atoms with Crippen LogP contribution in [-0.2, 0) is 5.67 Å². The number of nitrogens with zero attached hydrogens (tertiary/aromatic N) is 2. The number of aryl methyl sites for hydroxylation is 2. The van der Waals surface area contributed by atoms with Crippen molar-refractivity contribution in [2.75, 3.05) is 0 Å². The molecule has 9 heteroatoms. The second-order valence-electron chi connectivity index (χ2n) is 5.15. The highest BCUT2D eigenvalue weighted by molar-refractivity contribution is 5.71. The van der Waals surface area contributed by atoms with Crippen molar-refractivity contribution < 1.29 is 30.7 Å². The Balaban J connectivity index is 2.92. The molecule has 0 N–H and O–H groups in total. The average Bonchev–Trinajstić information content (AvgIpc) is 2.44. The van der Waals surface area contributed by atoms with Crippen LogP contribution in [0.15, 0.2) is 24.8 Å². The molecule has 2 rings (SSSR count). The molecule has 1 heterocycles. The zero-order valence-electron chi connectivity index (χ0n) is 12.3. The smallest absolute Gasteiger partial charge is 0.244 e. The van der Waals surface area contributed by atoms with E-state index in [4.69, 9.17) is 0 Å². The standard InChI is InChI=1S/C15H10F7N2/c1-8-3-9(2)12(10-5-23-7-24-6-10)11(4-8)13(16,14(17,18)19)15(20,21)22/h4-7H,1-2H3. The van der Waals surface area contributed by atoms with Gasteiger partial charge in [-0.25, -0.2) is 14.4 Å². The summed E-state index contributed by atoms with van der Waals surface area (Å²) in [5, 5.41) is 0. The number of hydrogen-bond donors (Lipinski definition) is 0. The fraction of sp³-hybridized carbons (Fsp3) is 0.333. The van der Waals surface area contributed by atoms with Gasteiger partial charge in [-0.2, -0.15) is 26.3 Å². The lowest BCUT2D eigenvalue weighted by molar-refractivity contribution is -0.348.